The summed E-state index contributed by atoms with van der Waals surface area (Å²) >= 11 is 1.34. The lowest BCUT2D eigenvalue weighted by atomic mass is 10.2. The Morgan fingerprint density at radius 1 is 1.37 bits per heavy atom. The molecule has 0 aromatic carbocycles. The van der Waals surface area contributed by atoms with Gasteiger partial charge in [-0.3, -0.25) is 9.20 Å². The number of esters is 1. The number of carbonyl (C=O) groups excluding carboxylic acids is 1. The summed E-state index contributed by atoms with van der Waals surface area (Å²) in [5.41, 5.74) is 1.20. The van der Waals surface area contributed by atoms with E-state index >= 15 is 0 Å². The number of fused-ring (bicyclic) bond motifs is 2. The summed E-state index contributed by atoms with van der Waals surface area (Å²) in [5, 5.41) is 1.83. The summed E-state index contributed by atoms with van der Waals surface area (Å²) in [6.07, 6.45) is 4.41. The molecule has 0 atom stereocenters. The van der Waals surface area contributed by atoms with Gasteiger partial charge in [-0.25, -0.2) is 18.2 Å². The fourth-order valence-electron chi connectivity index (χ4n) is 2.72. The summed E-state index contributed by atoms with van der Waals surface area (Å²) in [4.78, 5) is 30.9. The summed E-state index contributed by atoms with van der Waals surface area (Å²) in [6, 6.07) is 1.34. The molecule has 4 heterocycles. The molecule has 2 aliphatic heterocycles. The van der Waals surface area contributed by atoms with Crippen LogP contribution in [-0.2, 0) is 26.2 Å². The van der Waals surface area contributed by atoms with Gasteiger partial charge in [-0.05, 0) is 19.1 Å². The normalized spacial score (nSPS) is 18.0. The van der Waals surface area contributed by atoms with Crippen LogP contribution < -0.4 is 5.56 Å². The molecule has 0 bridgehead atoms. The molecule has 0 amide bonds. The van der Waals surface area contributed by atoms with E-state index in [4.69, 9.17) is 4.74 Å². The number of aromatic nitrogens is 2. The number of ether oxygens (including phenoxy) is 1. The molecule has 2 aliphatic rings. The van der Waals surface area contributed by atoms with Gasteiger partial charge in [0.1, 0.15) is 12.4 Å². The average molecular weight is 406 g/mol. The number of sulfonamides is 1. The van der Waals surface area contributed by atoms with E-state index in [9.17, 15) is 18.0 Å². The van der Waals surface area contributed by atoms with Gasteiger partial charge in [0.05, 0.1) is 17.0 Å². The Morgan fingerprint density at radius 2 is 2.19 bits per heavy atom. The molecule has 140 valence electrons. The zero-order valence-electron chi connectivity index (χ0n) is 14.2. The molecule has 11 heteroatoms. The van der Waals surface area contributed by atoms with E-state index < -0.39 is 16.0 Å². The third-order valence-electron chi connectivity index (χ3n) is 4.04. The zero-order valence-corrected chi connectivity index (χ0v) is 15.8. The van der Waals surface area contributed by atoms with Crippen LogP contribution >= 0.6 is 11.3 Å². The van der Waals surface area contributed by atoms with Gasteiger partial charge >= 0.3 is 5.97 Å². The van der Waals surface area contributed by atoms with Gasteiger partial charge in [-0.2, -0.15) is 0 Å². The zero-order chi connectivity index (χ0) is 19.2. The van der Waals surface area contributed by atoms with Gasteiger partial charge in [-0.1, -0.05) is 0 Å². The predicted octanol–water partition coefficient (Wildman–Crippen LogP) is 0.605. The third-order valence-corrected chi connectivity index (χ3v) is 6.15. The predicted molar refractivity (Wildman–Crippen MR) is 99.0 cm³/mol. The van der Waals surface area contributed by atoms with Gasteiger partial charge in [0.15, 0.2) is 4.96 Å². The molecule has 0 N–H and O–H groups in total. The third kappa shape index (κ3) is 3.43. The Labute approximate surface area is 158 Å². The molecular weight excluding hydrogens is 392 g/mol. The minimum Gasteiger partial charge on any atom is -0.456 e. The number of aryl methyl sites for hydroxylation is 1. The molecule has 4 rings (SSSR count). The van der Waals surface area contributed by atoms with Crippen molar-refractivity contribution < 1.29 is 17.9 Å². The highest BCUT2D eigenvalue weighted by atomic mass is 32.2. The topological polar surface area (TPSA) is 110 Å². The SMILES string of the molecule is Cc1csc2nc(COC(=O)C3=CN4CCS(=O)(=O)N=C4C=C3)cc(=O)n12. The number of nitrogens with zero attached hydrogens (tertiary/aromatic N) is 4. The van der Waals surface area contributed by atoms with Crippen LogP contribution in [0.1, 0.15) is 11.4 Å². The van der Waals surface area contributed by atoms with Crippen LogP contribution in [0.25, 0.3) is 4.96 Å². The number of amidine groups is 1. The molecule has 2 aromatic rings. The van der Waals surface area contributed by atoms with Crippen molar-refractivity contribution in [3.63, 3.8) is 0 Å². The second kappa shape index (κ2) is 6.43. The second-order valence-electron chi connectivity index (χ2n) is 6.00. The Bertz CT molecular complexity index is 1200. The fraction of sp³-hybridized carbons (Fsp3) is 0.250. The first kappa shape index (κ1) is 17.6. The molecule has 0 fully saturated rings. The summed E-state index contributed by atoms with van der Waals surface area (Å²) in [7, 11) is -3.45. The molecule has 9 nitrogen and oxygen atoms in total. The summed E-state index contributed by atoms with van der Waals surface area (Å²) in [5.74, 6) is -0.439. The van der Waals surface area contributed by atoms with Gasteiger partial charge in [-0.15, -0.1) is 15.7 Å². The van der Waals surface area contributed by atoms with Crippen molar-refractivity contribution in [2.24, 2.45) is 4.40 Å². The number of carbonyl (C=O) groups is 1. The number of hydrogen-bond donors (Lipinski definition) is 0. The van der Waals surface area contributed by atoms with Crippen LogP contribution in [0.4, 0.5) is 0 Å². The smallest absolute Gasteiger partial charge is 0.340 e. The van der Waals surface area contributed by atoms with E-state index in [2.05, 4.69) is 9.38 Å². The second-order valence-corrected chi connectivity index (χ2v) is 8.59. The first-order valence-corrected chi connectivity index (χ1v) is 10.4. The van der Waals surface area contributed by atoms with E-state index in [-0.39, 0.29) is 35.9 Å². The molecule has 0 aliphatic carbocycles. The molecule has 0 radical (unpaired) electrons. The van der Waals surface area contributed by atoms with Gasteiger partial charge in [0, 0.05) is 29.9 Å². The van der Waals surface area contributed by atoms with E-state index in [0.717, 1.165) is 5.69 Å². The lowest BCUT2D eigenvalue weighted by Gasteiger charge is -2.26. The Kier molecular flexibility index (Phi) is 4.19. The van der Waals surface area contributed by atoms with E-state index in [1.165, 1.54) is 40.2 Å². The molecule has 0 unspecified atom stereocenters. The molecule has 0 saturated heterocycles. The fourth-order valence-corrected chi connectivity index (χ4v) is 4.58. The lowest BCUT2D eigenvalue weighted by molar-refractivity contribution is -0.140. The van der Waals surface area contributed by atoms with Gasteiger partial charge in [0.25, 0.3) is 15.6 Å². The van der Waals surface area contributed by atoms with Crippen molar-refractivity contribution in [2.75, 3.05) is 12.3 Å². The van der Waals surface area contributed by atoms with E-state index in [0.29, 0.717) is 10.7 Å². The standard InChI is InChI=1S/C16H14N4O5S2/c1-10-9-26-16-17-12(6-14(21)20(10)16)8-25-15(22)11-2-3-13-18-27(23,24)5-4-19(13)7-11/h2-3,6-7,9H,4-5,8H2,1H3. The maximum Gasteiger partial charge on any atom is 0.340 e. The summed E-state index contributed by atoms with van der Waals surface area (Å²) in [6.45, 7) is 1.90. The molecule has 0 spiro atoms. The number of hydrogen-bond acceptors (Lipinski definition) is 8. The van der Waals surface area contributed by atoms with Crippen molar-refractivity contribution in [3.8, 4) is 0 Å². The maximum atomic E-state index is 12.3. The van der Waals surface area contributed by atoms with Crippen molar-refractivity contribution in [1.82, 2.24) is 14.3 Å². The first-order chi connectivity index (χ1) is 12.8. The first-order valence-electron chi connectivity index (χ1n) is 7.95. The van der Waals surface area contributed by atoms with Crippen molar-refractivity contribution in [1.29, 1.82) is 0 Å². The minimum atomic E-state index is -3.45. The molecule has 0 saturated carbocycles. The molecule has 27 heavy (non-hydrogen) atoms. The molecule has 2 aromatic heterocycles. The number of thiazole rings is 1. The van der Waals surface area contributed by atoms with Crippen LogP contribution in [0, 0.1) is 6.92 Å². The highest BCUT2D eigenvalue weighted by Crippen LogP contribution is 2.17. The van der Waals surface area contributed by atoms with Crippen molar-refractivity contribution >= 4 is 38.1 Å². The van der Waals surface area contributed by atoms with Crippen LogP contribution in [0.5, 0.6) is 0 Å². The molecular formula is C16H14N4O5S2. The van der Waals surface area contributed by atoms with Crippen molar-refractivity contribution in [3.05, 3.63) is 57.1 Å². The maximum absolute atomic E-state index is 12.3. The largest absolute Gasteiger partial charge is 0.456 e. The lowest BCUT2D eigenvalue weighted by Crippen LogP contribution is -2.37. The Hall–Kier alpha value is -2.79. The van der Waals surface area contributed by atoms with E-state index in [1.807, 2.05) is 12.3 Å². The highest BCUT2D eigenvalue weighted by Gasteiger charge is 2.25. The average Bonchev–Trinajstić information content (AvgIpc) is 3.00. The Balaban J connectivity index is 1.49. The summed E-state index contributed by atoms with van der Waals surface area (Å²) < 4.78 is 33.4. The van der Waals surface area contributed by atoms with E-state index in [1.54, 1.807) is 4.90 Å². The van der Waals surface area contributed by atoms with Gasteiger partial charge in [0.2, 0.25) is 0 Å². The van der Waals surface area contributed by atoms with Crippen LogP contribution in [0.2, 0.25) is 0 Å². The van der Waals surface area contributed by atoms with Crippen LogP contribution in [-0.4, -0.2) is 46.8 Å². The van der Waals surface area contributed by atoms with Crippen molar-refractivity contribution in [2.45, 2.75) is 13.5 Å². The van der Waals surface area contributed by atoms with Crippen LogP contribution in [0.3, 0.4) is 0 Å². The number of rotatable bonds is 3. The monoisotopic (exact) mass is 406 g/mol. The highest BCUT2D eigenvalue weighted by molar-refractivity contribution is 7.90. The van der Waals surface area contributed by atoms with Crippen LogP contribution in [0.15, 0.2) is 44.6 Å². The quantitative estimate of drug-likeness (QED) is 0.687. The minimum absolute atomic E-state index is 0.114. The van der Waals surface area contributed by atoms with Gasteiger partial charge < -0.3 is 9.64 Å². The Morgan fingerprint density at radius 3 is 3.00 bits per heavy atom.